The zero-order chi connectivity index (χ0) is 18.9. The summed E-state index contributed by atoms with van der Waals surface area (Å²) in [5.41, 5.74) is 8.60. The molecule has 0 aliphatic carbocycles. The number of carbonyl (C=O) groups excluding carboxylic acids is 1. The van der Waals surface area contributed by atoms with Gasteiger partial charge in [-0.15, -0.1) is 0 Å². The molecule has 0 atom stereocenters. The number of carbonyl (C=O) groups is 1. The smallest absolute Gasteiger partial charge is 0.220 e. The summed E-state index contributed by atoms with van der Waals surface area (Å²) in [6, 6.07) is 8.89. The normalized spacial score (nSPS) is 10.8. The minimum Gasteiger partial charge on any atom is -0.504 e. The van der Waals surface area contributed by atoms with Gasteiger partial charge in [0.05, 0.1) is 7.11 Å². The van der Waals surface area contributed by atoms with Gasteiger partial charge in [-0.1, -0.05) is 18.2 Å². The number of aromatic hydroxyl groups is 1. The van der Waals surface area contributed by atoms with E-state index < -0.39 is 0 Å². The largest absolute Gasteiger partial charge is 0.504 e. The van der Waals surface area contributed by atoms with Gasteiger partial charge in [-0.25, -0.2) is 4.98 Å². The summed E-state index contributed by atoms with van der Waals surface area (Å²) < 4.78 is 5.06. The number of benzene rings is 1. The molecule has 26 heavy (non-hydrogen) atoms. The number of aryl methyl sites for hydroxylation is 2. The van der Waals surface area contributed by atoms with Gasteiger partial charge in [0.1, 0.15) is 5.82 Å². The molecule has 2 rings (SSSR count). The van der Waals surface area contributed by atoms with Crippen molar-refractivity contribution in [2.75, 3.05) is 19.4 Å². The van der Waals surface area contributed by atoms with Crippen molar-refractivity contribution in [1.82, 2.24) is 10.3 Å². The number of ether oxygens (including phenoxy) is 1. The Labute approximate surface area is 153 Å². The molecule has 1 aromatic heterocycles. The lowest BCUT2D eigenvalue weighted by atomic mass is 10.1. The molecule has 6 heteroatoms. The highest BCUT2D eigenvalue weighted by Gasteiger charge is 2.03. The Balaban J connectivity index is 1.71. The molecule has 2 aromatic rings. The topological polar surface area (TPSA) is 97.5 Å². The van der Waals surface area contributed by atoms with Crippen LogP contribution in [0.2, 0.25) is 0 Å². The number of nitrogens with zero attached hydrogens (tertiary/aromatic N) is 1. The maximum Gasteiger partial charge on any atom is 0.220 e. The second kappa shape index (κ2) is 9.46. The fourth-order valence-electron chi connectivity index (χ4n) is 2.58. The minimum absolute atomic E-state index is 0.00133. The molecule has 0 saturated heterocycles. The molecule has 4 N–H and O–H groups in total. The van der Waals surface area contributed by atoms with Crippen molar-refractivity contribution in [2.24, 2.45) is 0 Å². The van der Waals surface area contributed by atoms with Crippen LogP contribution in [0, 0.1) is 6.92 Å². The third kappa shape index (κ3) is 6.12. The molecular formula is C20H25N3O3. The van der Waals surface area contributed by atoms with E-state index in [2.05, 4.69) is 10.3 Å². The number of methoxy groups -OCH3 is 1. The zero-order valence-corrected chi connectivity index (χ0v) is 15.2. The van der Waals surface area contributed by atoms with Crippen LogP contribution in [0.5, 0.6) is 11.5 Å². The molecule has 1 aromatic carbocycles. The van der Waals surface area contributed by atoms with Gasteiger partial charge in [-0.05, 0) is 55.2 Å². The Bertz CT molecular complexity index is 768. The van der Waals surface area contributed by atoms with Gasteiger partial charge >= 0.3 is 0 Å². The van der Waals surface area contributed by atoms with E-state index in [-0.39, 0.29) is 11.7 Å². The first kappa shape index (κ1) is 19.3. The molecule has 0 radical (unpaired) electrons. The van der Waals surface area contributed by atoms with Gasteiger partial charge in [-0.2, -0.15) is 0 Å². The Morgan fingerprint density at radius 2 is 2.15 bits per heavy atom. The van der Waals surface area contributed by atoms with Gasteiger partial charge in [0.25, 0.3) is 0 Å². The minimum atomic E-state index is -0.00133. The van der Waals surface area contributed by atoms with Crippen molar-refractivity contribution >= 4 is 17.8 Å². The van der Waals surface area contributed by atoms with Crippen LogP contribution in [0.25, 0.3) is 6.08 Å². The van der Waals surface area contributed by atoms with Gasteiger partial charge in [0.15, 0.2) is 11.5 Å². The maximum atomic E-state index is 11.9. The number of phenols is 1. The maximum absolute atomic E-state index is 11.9. The number of anilines is 1. The van der Waals surface area contributed by atoms with Crippen LogP contribution < -0.4 is 15.8 Å². The van der Waals surface area contributed by atoms with Crippen molar-refractivity contribution in [3.63, 3.8) is 0 Å². The molecule has 6 nitrogen and oxygen atoms in total. The van der Waals surface area contributed by atoms with E-state index in [9.17, 15) is 9.90 Å². The Hall–Kier alpha value is -3.02. The number of pyridine rings is 1. The van der Waals surface area contributed by atoms with Gasteiger partial charge in [0.2, 0.25) is 5.91 Å². The van der Waals surface area contributed by atoms with Crippen LogP contribution >= 0.6 is 0 Å². The van der Waals surface area contributed by atoms with Crippen LogP contribution in [0.4, 0.5) is 5.82 Å². The third-order valence-electron chi connectivity index (χ3n) is 3.81. The van der Waals surface area contributed by atoms with Crippen LogP contribution in [0.3, 0.4) is 0 Å². The van der Waals surface area contributed by atoms with Crippen molar-refractivity contribution in [2.45, 2.75) is 26.2 Å². The molecule has 0 bridgehead atoms. The second-order valence-electron chi connectivity index (χ2n) is 6.05. The SMILES string of the molecule is COc1cc(/C=C/CNC(=O)CCCc2cc(C)cc(N)n2)ccc1O. The highest BCUT2D eigenvalue weighted by Crippen LogP contribution is 2.26. The number of nitrogen functional groups attached to an aromatic ring is 1. The summed E-state index contributed by atoms with van der Waals surface area (Å²) in [6.45, 7) is 2.42. The summed E-state index contributed by atoms with van der Waals surface area (Å²) in [4.78, 5) is 16.1. The van der Waals surface area contributed by atoms with Gasteiger partial charge in [-0.3, -0.25) is 4.79 Å². The summed E-state index contributed by atoms with van der Waals surface area (Å²) in [7, 11) is 1.50. The highest BCUT2D eigenvalue weighted by molar-refractivity contribution is 5.76. The van der Waals surface area contributed by atoms with E-state index in [0.717, 1.165) is 29.7 Å². The van der Waals surface area contributed by atoms with Crippen molar-refractivity contribution in [3.05, 3.63) is 53.2 Å². The highest BCUT2D eigenvalue weighted by atomic mass is 16.5. The number of nitrogens with one attached hydrogen (secondary N) is 1. The molecule has 0 aliphatic rings. The number of hydrogen-bond acceptors (Lipinski definition) is 5. The number of amides is 1. The molecular weight excluding hydrogens is 330 g/mol. The summed E-state index contributed by atoms with van der Waals surface area (Å²) in [6.07, 6.45) is 5.60. The molecule has 0 unspecified atom stereocenters. The number of aromatic nitrogens is 1. The lowest BCUT2D eigenvalue weighted by molar-refractivity contribution is -0.120. The molecule has 0 aliphatic heterocycles. The molecule has 0 saturated carbocycles. The first-order valence-electron chi connectivity index (χ1n) is 8.51. The van der Waals surface area contributed by atoms with Gasteiger partial charge < -0.3 is 20.9 Å². The molecule has 138 valence electrons. The van der Waals surface area contributed by atoms with Crippen LogP contribution in [-0.2, 0) is 11.2 Å². The molecule has 1 amide bonds. The number of nitrogens with two attached hydrogens (primary N) is 1. The van der Waals surface area contributed by atoms with Crippen molar-refractivity contribution in [3.8, 4) is 11.5 Å². The van der Waals surface area contributed by atoms with Crippen molar-refractivity contribution in [1.29, 1.82) is 0 Å². The first-order valence-corrected chi connectivity index (χ1v) is 8.51. The standard InChI is InChI=1S/C20H25N3O3/c1-14-11-16(23-19(21)12-14)6-3-7-20(25)22-10-4-5-15-8-9-17(24)18(13-15)26-2/h4-5,8-9,11-13,24H,3,6-7,10H2,1-2H3,(H2,21,23)(H,22,25)/b5-4+. The second-order valence-corrected chi connectivity index (χ2v) is 6.05. The lowest BCUT2D eigenvalue weighted by Gasteiger charge is -2.05. The van der Waals surface area contributed by atoms with Crippen LogP contribution in [-0.4, -0.2) is 29.7 Å². The average molecular weight is 355 g/mol. The monoisotopic (exact) mass is 355 g/mol. The predicted molar refractivity (Wildman–Crippen MR) is 103 cm³/mol. The average Bonchev–Trinajstić information content (AvgIpc) is 2.59. The molecule has 1 heterocycles. The van der Waals surface area contributed by atoms with Gasteiger partial charge in [0, 0.05) is 18.7 Å². The van der Waals surface area contributed by atoms with Crippen molar-refractivity contribution < 1.29 is 14.6 Å². The summed E-state index contributed by atoms with van der Waals surface area (Å²) in [5.74, 6) is 1.03. The number of rotatable bonds is 8. The van der Waals surface area contributed by atoms with E-state index in [4.69, 9.17) is 10.5 Å². The van der Waals surface area contributed by atoms with E-state index in [1.165, 1.54) is 7.11 Å². The van der Waals surface area contributed by atoms with E-state index in [1.807, 2.05) is 31.2 Å². The predicted octanol–water partition coefficient (Wildman–Crippen LogP) is 2.84. The van der Waals surface area contributed by atoms with Crippen LogP contribution in [0.15, 0.2) is 36.4 Å². The van der Waals surface area contributed by atoms with Crippen LogP contribution in [0.1, 0.15) is 29.7 Å². The summed E-state index contributed by atoms with van der Waals surface area (Å²) in [5, 5.41) is 12.4. The Morgan fingerprint density at radius 3 is 2.88 bits per heavy atom. The Kier molecular flexibility index (Phi) is 7.02. The fraction of sp³-hybridized carbons (Fsp3) is 0.300. The quantitative estimate of drug-likeness (QED) is 0.676. The van der Waals surface area contributed by atoms with E-state index in [1.54, 1.807) is 18.2 Å². The third-order valence-corrected chi connectivity index (χ3v) is 3.81. The fourth-order valence-corrected chi connectivity index (χ4v) is 2.58. The zero-order valence-electron chi connectivity index (χ0n) is 15.2. The van der Waals surface area contributed by atoms with E-state index in [0.29, 0.717) is 24.5 Å². The molecule has 0 spiro atoms. The number of hydrogen-bond donors (Lipinski definition) is 3. The van der Waals surface area contributed by atoms with E-state index >= 15 is 0 Å². The first-order chi connectivity index (χ1) is 12.5. The lowest BCUT2D eigenvalue weighted by Crippen LogP contribution is -2.23. The Morgan fingerprint density at radius 1 is 1.35 bits per heavy atom. The summed E-state index contributed by atoms with van der Waals surface area (Å²) >= 11 is 0. The number of phenolic OH excluding ortho intramolecular Hbond substituents is 1. The molecule has 0 fully saturated rings.